The van der Waals surface area contributed by atoms with Crippen LogP contribution < -0.4 is 9.64 Å². The predicted molar refractivity (Wildman–Crippen MR) is 110 cm³/mol. The lowest BCUT2D eigenvalue weighted by molar-refractivity contribution is -0.124. The van der Waals surface area contributed by atoms with Gasteiger partial charge in [-0.05, 0) is 42.6 Å². The first kappa shape index (κ1) is 18.0. The molecule has 0 spiro atoms. The van der Waals surface area contributed by atoms with E-state index < -0.39 is 6.04 Å². The van der Waals surface area contributed by atoms with Gasteiger partial charge in [0.05, 0.1) is 12.8 Å². The van der Waals surface area contributed by atoms with E-state index in [4.69, 9.17) is 4.74 Å². The van der Waals surface area contributed by atoms with Crippen molar-refractivity contribution in [1.82, 2.24) is 4.90 Å². The van der Waals surface area contributed by atoms with Gasteiger partial charge in [-0.1, -0.05) is 36.4 Å². The first-order valence-electron chi connectivity index (χ1n) is 9.34. The van der Waals surface area contributed by atoms with E-state index >= 15 is 0 Å². The van der Waals surface area contributed by atoms with Gasteiger partial charge >= 0.3 is 0 Å². The summed E-state index contributed by atoms with van der Waals surface area (Å²) in [5.41, 5.74) is 1.45. The molecule has 5 nitrogen and oxygen atoms in total. The van der Waals surface area contributed by atoms with Crippen molar-refractivity contribution in [3.05, 3.63) is 72.3 Å². The second-order valence-electron chi connectivity index (χ2n) is 6.89. The molecule has 4 rings (SSSR count). The molecule has 3 aromatic carbocycles. The van der Waals surface area contributed by atoms with Crippen LogP contribution in [-0.2, 0) is 4.79 Å². The molecule has 5 heteroatoms. The fourth-order valence-corrected chi connectivity index (χ4v) is 3.73. The number of carbonyl (C=O) groups excluding carboxylic acids is 2. The summed E-state index contributed by atoms with van der Waals surface area (Å²) in [6.07, 6.45) is 0. The van der Waals surface area contributed by atoms with Crippen LogP contribution in [0.25, 0.3) is 10.8 Å². The van der Waals surface area contributed by atoms with Crippen LogP contribution in [0.1, 0.15) is 17.3 Å². The maximum atomic E-state index is 13.1. The van der Waals surface area contributed by atoms with Crippen molar-refractivity contribution in [2.75, 3.05) is 25.1 Å². The van der Waals surface area contributed by atoms with Crippen LogP contribution in [0, 0.1) is 0 Å². The molecule has 142 valence electrons. The molecular weight excluding hydrogens is 352 g/mol. The summed E-state index contributed by atoms with van der Waals surface area (Å²) >= 11 is 0. The topological polar surface area (TPSA) is 49.9 Å². The van der Waals surface area contributed by atoms with Gasteiger partial charge in [-0.3, -0.25) is 9.59 Å². The number of piperazine rings is 1. The molecule has 1 aliphatic rings. The van der Waals surface area contributed by atoms with Gasteiger partial charge in [-0.25, -0.2) is 0 Å². The number of benzene rings is 3. The molecule has 0 N–H and O–H groups in total. The van der Waals surface area contributed by atoms with Gasteiger partial charge < -0.3 is 14.5 Å². The SMILES string of the molecule is COc1ccc(C(=O)N2CCN(c3cccc4ccccc34)C(=O)C2C)cc1. The Hall–Kier alpha value is -3.34. The number of hydrogen-bond acceptors (Lipinski definition) is 3. The van der Waals surface area contributed by atoms with Crippen LogP contribution in [0.15, 0.2) is 66.7 Å². The average Bonchev–Trinajstić information content (AvgIpc) is 2.75. The summed E-state index contributed by atoms with van der Waals surface area (Å²) in [6.45, 7) is 2.75. The summed E-state index contributed by atoms with van der Waals surface area (Å²) < 4.78 is 5.15. The fraction of sp³-hybridized carbons (Fsp3) is 0.217. The number of rotatable bonds is 3. The highest BCUT2D eigenvalue weighted by Crippen LogP contribution is 2.29. The summed E-state index contributed by atoms with van der Waals surface area (Å²) in [7, 11) is 1.59. The molecule has 3 aromatic rings. The third-order valence-corrected chi connectivity index (χ3v) is 5.31. The van der Waals surface area contributed by atoms with Gasteiger partial charge in [0.2, 0.25) is 5.91 Å². The summed E-state index contributed by atoms with van der Waals surface area (Å²) in [4.78, 5) is 29.5. The third kappa shape index (κ3) is 3.09. The number of hydrogen-bond donors (Lipinski definition) is 0. The molecule has 0 radical (unpaired) electrons. The molecule has 1 aliphatic heterocycles. The molecule has 1 atom stereocenters. The number of ether oxygens (including phenoxy) is 1. The minimum absolute atomic E-state index is 0.0653. The summed E-state index contributed by atoms with van der Waals surface area (Å²) in [5.74, 6) is 0.493. The molecule has 1 saturated heterocycles. The van der Waals surface area contributed by atoms with Crippen LogP contribution in [0.5, 0.6) is 5.75 Å². The Morgan fingerprint density at radius 1 is 0.964 bits per heavy atom. The summed E-state index contributed by atoms with van der Waals surface area (Å²) in [5, 5.41) is 2.14. The largest absolute Gasteiger partial charge is 0.497 e. The normalized spacial score (nSPS) is 17.1. The number of anilines is 1. The van der Waals surface area contributed by atoms with Gasteiger partial charge in [0.1, 0.15) is 11.8 Å². The zero-order chi connectivity index (χ0) is 19.7. The van der Waals surface area contributed by atoms with E-state index in [9.17, 15) is 9.59 Å². The van der Waals surface area contributed by atoms with Crippen molar-refractivity contribution in [1.29, 1.82) is 0 Å². The van der Waals surface area contributed by atoms with Crippen molar-refractivity contribution in [3.8, 4) is 5.75 Å². The quantitative estimate of drug-likeness (QED) is 0.702. The van der Waals surface area contributed by atoms with Gasteiger partial charge in [-0.2, -0.15) is 0 Å². The van der Waals surface area contributed by atoms with Gasteiger partial charge in [0, 0.05) is 24.0 Å². The maximum Gasteiger partial charge on any atom is 0.254 e. The average molecular weight is 374 g/mol. The smallest absolute Gasteiger partial charge is 0.254 e. The molecule has 1 unspecified atom stereocenters. The standard InChI is InChI=1S/C23H22N2O3/c1-16-22(26)25(21-9-5-7-17-6-3-4-8-20(17)21)15-14-24(16)23(27)18-10-12-19(28-2)13-11-18/h3-13,16H,14-15H2,1-2H3. The Morgan fingerprint density at radius 2 is 1.68 bits per heavy atom. The highest BCUT2D eigenvalue weighted by molar-refractivity contribution is 6.08. The highest BCUT2D eigenvalue weighted by atomic mass is 16.5. The van der Waals surface area contributed by atoms with E-state index in [2.05, 4.69) is 0 Å². The number of carbonyl (C=O) groups is 2. The molecule has 0 aromatic heterocycles. The van der Waals surface area contributed by atoms with Crippen molar-refractivity contribution in [2.45, 2.75) is 13.0 Å². The Kier molecular flexibility index (Phi) is 4.74. The van der Waals surface area contributed by atoms with Crippen LogP contribution in [-0.4, -0.2) is 43.0 Å². The molecule has 0 bridgehead atoms. The monoisotopic (exact) mass is 374 g/mol. The van der Waals surface area contributed by atoms with Gasteiger partial charge in [0.15, 0.2) is 0 Å². The Balaban J connectivity index is 1.59. The molecular formula is C23H22N2O3. The van der Waals surface area contributed by atoms with Crippen molar-refractivity contribution >= 4 is 28.3 Å². The molecule has 0 aliphatic carbocycles. The number of amides is 2. The van der Waals surface area contributed by atoms with Gasteiger partial charge in [0.25, 0.3) is 5.91 Å². The van der Waals surface area contributed by atoms with E-state index in [1.807, 2.05) is 42.5 Å². The lowest BCUT2D eigenvalue weighted by Crippen LogP contribution is -2.57. The van der Waals surface area contributed by atoms with E-state index in [0.717, 1.165) is 16.5 Å². The van der Waals surface area contributed by atoms with E-state index in [1.165, 1.54) is 0 Å². The van der Waals surface area contributed by atoms with Crippen LogP contribution in [0.3, 0.4) is 0 Å². The zero-order valence-corrected chi connectivity index (χ0v) is 16.0. The summed E-state index contributed by atoms with van der Waals surface area (Å²) in [6, 6.07) is 20.4. The Morgan fingerprint density at radius 3 is 2.43 bits per heavy atom. The van der Waals surface area contributed by atoms with Crippen LogP contribution >= 0.6 is 0 Å². The second-order valence-corrected chi connectivity index (χ2v) is 6.89. The number of fused-ring (bicyclic) bond motifs is 1. The van der Waals surface area contributed by atoms with E-state index in [-0.39, 0.29) is 11.8 Å². The van der Waals surface area contributed by atoms with Crippen molar-refractivity contribution in [2.24, 2.45) is 0 Å². The lowest BCUT2D eigenvalue weighted by Gasteiger charge is -2.39. The third-order valence-electron chi connectivity index (χ3n) is 5.31. The van der Waals surface area contributed by atoms with Crippen LogP contribution in [0.2, 0.25) is 0 Å². The number of methoxy groups -OCH3 is 1. The fourth-order valence-electron chi connectivity index (χ4n) is 3.73. The molecule has 28 heavy (non-hydrogen) atoms. The van der Waals surface area contributed by atoms with Crippen molar-refractivity contribution < 1.29 is 14.3 Å². The predicted octanol–water partition coefficient (Wildman–Crippen LogP) is 3.73. The molecule has 1 heterocycles. The van der Waals surface area contributed by atoms with Gasteiger partial charge in [-0.15, -0.1) is 0 Å². The van der Waals surface area contributed by atoms with Crippen LogP contribution in [0.4, 0.5) is 5.69 Å². The van der Waals surface area contributed by atoms with Crippen molar-refractivity contribution in [3.63, 3.8) is 0 Å². The van der Waals surface area contributed by atoms with E-state index in [1.54, 1.807) is 48.1 Å². The minimum Gasteiger partial charge on any atom is -0.497 e. The Bertz CT molecular complexity index is 1020. The maximum absolute atomic E-state index is 13.1. The number of nitrogens with zero attached hydrogens (tertiary/aromatic N) is 2. The highest BCUT2D eigenvalue weighted by Gasteiger charge is 2.35. The first-order valence-corrected chi connectivity index (χ1v) is 9.34. The zero-order valence-electron chi connectivity index (χ0n) is 16.0. The van der Waals surface area contributed by atoms with E-state index in [0.29, 0.717) is 24.4 Å². The Labute approximate surface area is 164 Å². The molecule has 1 fully saturated rings. The minimum atomic E-state index is -0.526. The molecule has 0 saturated carbocycles. The second kappa shape index (κ2) is 7.35. The lowest BCUT2D eigenvalue weighted by atomic mass is 10.0. The first-order chi connectivity index (χ1) is 13.6. The molecule has 2 amide bonds.